The Hall–Kier alpha value is -4.18. The molecule has 1 aromatic heterocycles. The first kappa shape index (κ1) is 22.5. The number of amides is 2. The van der Waals surface area contributed by atoms with Crippen LogP contribution in [0.2, 0.25) is 0 Å². The summed E-state index contributed by atoms with van der Waals surface area (Å²) in [4.78, 5) is 37.9. The van der Waals surface area contributed by atoms with Crippen LogP contribution in [0.1, 0.15) is 38.3 Å². The van der Waals surface area contributed by atoms with Gasteiger partial charge in [0, 0.05) is 12.2 Å². The number of nitrogens with zero attached hydrogens (tertiary/aromatic N) is 2. The summed E-state index contributed by atoms with van der Waals surface area (Å²) in [6.45, 7) is 5.47. The molecule has 0 bridgehead atoms. The smallest absolute Gasteiger partial charge is 0.269 e. The first-order valence-electron chi connectivity index (χ1n) is 10.1. The Labute approximate surface area is 186 Å². The fourth-order valence-corrected chi connectivity index (χ4v) is 3.37. The number of carbonyl (C=O) groups is 2. The highest BCUT2D eigenvalue weighted by molar-refractivity contribution is 6.03. The van der Waals surface area contributed by atoms with Gasteiger partial charge in [-0.1, -0.05) is 42.0 Å². The summed E-state index contributed by atoms with van der Waals surface area (Å²) in [5.41, 5.74) is 3.42. The van der Waals surface area contributed by atoms with Gasteiger partial charge in [-0.05, 0) is 50.1 Å². The van der Waals surface area contributed by atoms with Gasteiger partial charge in [0.1, 0.15) is 18.2 Å². The lowest BCUT2D eigenvalue weighted by molar-refractivity contribution is -0.116. The van der Waals surface area contributed by atoms with Crippen molar-refractivity contribution in [2.75, 3.05) is 5.32 Å². The lowest BCUT2D eigenvalue weighted by Crippen LogP contribution is -2.32. The van der Waals surface area contributed by atoms with E-state index in [-0.39, 0.29) is 18.0 Å². The van der Waals surface area contributed by atoms with Gasteiger partial charge in [-0.25, -0.2) is 0 Å². The normalized spacial score (nSPS) is 10.3. The highest BCUT2D eigenvalue weighted by Crippen LogP contribution is 2.16. The monoisotopic (exact) mass is 428 g/mol. The molecule has 3 rings (SSSR count). The lowest BCUT2D eigenvalue weighted by Gasteiger charge is -2.14. The van der Waals surface area contributed by atoms with E-state index in [2.05, 4.69) is 10.6 Å². The third-order valence-corrected chi connectivity index (χ3v) is 5.14. The molecule has 0 aliphatic rings. The third-order valence-electron chi connectivity index (χ3n) is 5.14. The number of rotatable bonds is 6. The van der Waals surface area contributed by atoms with E-state index in [1.54, 1.807) is 44.2 Å². The van der Waals surface area contributed by atoms with Crippen LogP contribution in [0.3, 0.4) is 0 Å². The molecule has 2 aromatic carbocycles. The maximum Gasteiger partial charge on any atom is 0.269 e. The second-order valence-corrected chi connectivity index (χ2v) is 7.61. The Balaban J connectivity index is 1.74. The van der Waals surface area contributed by atoms with Gasteiger partial charge in [0.2, 0.25) is 5.91 Å². The van der Waals surface area contributed by atoms with Crippen molar-refractivity contribution in [3.05, 3.63) is 98.5 Å². The number of para-hydroxylation sites is 1. The van der Waals surface area contributed by atoms with Crippen LogP contribution in [-0.4, -0.2) is 16.4 Å². The first-order chi connectivity index (χ1) is 15.3. The molecule has 1 heterocycles. The zero-order valence-electron chi connectivity index (χ0n) is 18.2. The lowest BCUT2D eigenvalue weighted by atomic mass is 10.1. The zero-order valence-corrected chi connectivity index (χ0v) is 18.2. The molecule has 0 atom stereocenters. The molecule has 7 heteroatoms. The highest BCUT2D eigenvalue weighted by Gasteiger charge is 2.16. The van der Waals surface area contributed by atoms with E-state index < -0.39 is 11.5 Å². The molecule has 0 saturated carbocycles. The molecule has 2 amide bonds. The number of aryl methyl sites for hydroxylation is 3. The van der Waals surface area contributed by atoms with E-state index in [1.165, 1.54) is 4.57 Å². The molecule has 0 unspecified atom stereocenters. The summed E-state index contributed by atoms with van der Waals surface area (Å²) in [7, 11) is 0. The van der Waals surface area contributed by atoms with Gasteiger partial charge < -0.3 is 15.2 Å². The number of anilines is 1. The van der Waals surface area contributed by atoms with Crippen LogP contribution in [0.25, 0.3) is 0 Å². The van der Waals surface area contributed by atoms with E-state index in [0.717, 1.165) is 11.1 Å². The highest BCUT2D eigenvalue weighted by atomic mass is 16.2. The summed E-state index contributed by atoms with van der Waals surface area (Å²) in [5, 5.41) is 14.8. The Morgan fingerprint density at radius 3 is 2.41 bits per heavy atom. The molecule has 32 heavy (non-hydrogen) atoms. The molecule has 0 saturated heterocycles. The van der Waals surface area contributed by atoms with E-state index in [1.807, 2.05) is 37.3 Å². The molecule has 0 radical (unpaired) electrons. The number of nitriles is 1. The Morgan fingerprint density at radius 1 is 1.03 bits per heavy atom. The van der Waals surface area contributed by atoms with Crippen LogP contribution >= 0.6 is 0 Å². The molecule has 0 fully saturated rings. The molecule has 162 valence electrons. The van der Waals surface area contributed by atoms with Crippen molar-refractivity contribution in [2.24, 2.45) is 0 Å². The van der Waals surface area contributed by atoms with Crippen LogP contribution in [0.5, 0.6) is 0 Å². The molecule has 0 aliphatic carbocycles. The summed E-state index contributed by atoms with van der Waals surface area (Å²) >= 11 is 0. The van der Waals surface area contributed by atoms with Crippen molar-refractivity contribution in [3.8, 4) is 6.07 Å². The second kappa shape index (κ2) is 9.75. The summed E-state index contributed by atoms with van der Waals surface area (Å²) in [6.07, 6.45) is 0. The topological polar surface area (TPSA) is 104 Å². The van der Waals surface area contributed by atoms with E-state index >= 15 is 0 Å². The van der Waals surface area contributed by atoms with Gasteiger partial charge in [0.15, 0.2) is 0 Å². The number of pyridine rings is 1. The van der Waals surface area contributed by atoms with Crippen LogP contribution in [-0.2, 0) is 17.9 Å². The maximum atomic E-state index is 12.7. The molecule has 3 aromatic rings. The number of nitrogens with one attached hydrogen (secondary N) is 2. The quantitative estimate of drug-likeness (QED) is 0.629. The molecule has 2 N–H and O–H groups in total. The maximum absolute atomic E-state index is 12.7. The Morgan fingerprint density at radius 2 is 1.72 bits per heavy atom. The van der Waals surface area contributed by atoms with E-state index in [4.69, 9.17) is 0 Å². The fourth-order valence-electron chi connectivity index (χ4n) is 3.37. The minimum Gasteiger partial charge on any atom is -0.348 e. The predicted octanol–water partition coefficient (Wildman–Crippen LogP) is 3.21. The number of benzene rings is 2. The molecule has 7 nitrogen and oxygen atoms in total. The number of aromatic nitrogens is 1. The van der Waals surface area contributed by atoms with Gasteiger partial charge in [-0.3, -0.25) is 14.4 Å². The van der Waals surface area contributed by atoms with Gasteiger partial charge in [0.05, 0.1) is 11.3 Å². The average Bonchev–Trinajstić information content (AvgIpc) is 2.76. The van der Waals surface area contributed by atoms with Gasteiger partial charge >= 0.3 is 0 Å². The number of carbonyl (C=O) groups excluding carboxylic acids is 2. The average molecular weight is 428 g/mol. The number of hydrogen-bond donors (Lipinski definition) is 2. The van der Waals surface area contributed by atoms with Crippen molar-refractivity contribution in [1.29, 1.82) is 5.26 Å². The zero-order chi connectivity index (χ0) is 23.3. The van der Waals surface area contributed by atoms with Gasteiger partial charge in [0.25, 0.3) is 11.5 Å². The summed E-state index contributed by atoms with van der Waals surface area (Å²) < 4.78 is 1.25. The standard InChI is InChI=1S/C25H24N4O3/c1-16-8-10-19(11-9-16)14-27-24(31)20-6-4-5-7-22(20)28-23(30)15-29-18(3)12-17(2)21(13-26)25(29)32/h4-12H,14-15H2,1-3H3,(H,27,31)(H,28,30). The summed E-state index contributed by atoms with van der Waals surface area (Å²) in [5.74, 6) is -0.793. The third kappa shape index (κ3) is 5.10. The molecule has 0 aliphatic heterocycles. The van der Waals surface area contributed by atoms with E-state index in [9.17, 15) is 19.6 Å². The SMILES string of the molecule is Cc1ccc(CNC(=O)c2ccccc2NC(=O)Cn2c(C)cc(C)c(C#N)c2=O)cc1. The second-order valence-electron chi connectivity index (χ2n) is 7.61. The minimum atomic E-state index is -0.510. The van der Waals surface area contributed by atoms with Crippen LogP contribution in [0, 0.1) is 32.1 Å². The number of hydrogen-bond acceptors (Lipinski definition) is 4. The van der Waals surface area contributed by atoms with Crippen LogP contribution in [0.4, 0.5) is 5.69 Å². The first-order valence-corrected chi connectivity index (χ1v) is 10.1. The largest absolute Gasteiger partial charge is 0.348 e. The van der Waals surface area contributed by atoms with Crippen molar-refractivity contribution in [3.63, 3.8) is 0 Å². The molecule has 0 spiro atoms. The Bertz CT molecular complexity index is 1270. The predicted molar refractivity (Wildman–Crippen MR) is 122 cm³/mol. The van der Waals surface area contributed by atoms with E-state index in [0.29, 0.717) is 29.1 Å². The minimum absolute atomic E-state index is 0.0132. The Kier molecular flexibility index (Phi) is 6.86. The van der Waals surface area contributed by atoms with Crippen molar-refractivity contribution < 1.29 is 9.59 Å². The summed E-state index contributed by atoms with van der Waals surface area (Å²) in [6, 6.07) is 18.1. The van der Waals surface area contributed by atoms with Crippen molar-refractivity contribution in [2.45, 2.75) is 33.9 Å². The van der Waals surface area contributed by atoms with Gasteiger partial charge in [-0.2, -0.15) is 5.26 Å². The van der Waals surface area contributed by atoms with Crippen LogP contribution < -0.4 is 16.2 Å². The fraction of sp³-hybridized carbons (Fsp3) is 0.200. The van der Waals surface area contributed by atoms with Crippen LogP contribution in [0.15, 0.2) is 59.4 Å². The molecular weight excluding hydrogens is 404 g/mol. The van der Waals surface area contributed by atoms with Gasteiger partial charge in [-0.15, -0.1) is 0 Å². The molecular formula is C25H24N4O3. The van der Waals surface area contributed by atoms with Crippen molar-refractivity contribution in [1.82, 2.24) is 9.88 Å². The van der Waals surface area contributed by atoms with Crippen molar-refractivity contribution >= 4 is 17.5 Å².